The maximum atomic E-state index is 3.79. The first-order chi connectivity index (χ1) is 15.6. The molecule has 3 aromatic carbocycles. The highest BCUT2D eigenvalue weighted by Gasteiger charge is 2.12. The van der Waals surface area contributed by atoms with Crippen LogP contribution < -0.4 is 0 Å². The molecule has 0 bridgehead atoms. The second-order valence-corrected chi connectivity index (χ2v) is 11.2. The molecule has 33 heavy (non-hydrogen) atoms. The van der Waals surface area contributed by atoms with Gasteiger partial charge in [0.25, 0.3) is 0 Å². The number of nitrogens with one attached hydrogen (secondary N) is 1. The van der Waals surface area contributed by atoms with E-state index in [0.717, 1.165) is 16.8 Å². The Morgan fingerprint density at radius 3 is 1.91 bits per heavy atom. The zero-order chi connectivity index (χ0) is 24.6. The van der Waals surface area contributed by atoms with E-state index in [2.05, 4.69) is 124 Å². The molecule has 0 saturated heterocycles. The molecule has 4 aromatic rings. The third-order valence-electron chi connectivity index (χ3n) is 5.29. The Kier molecular flexibility index (Phi) is 9.69. The van der Waals surface area contributed by atoms with E-state index in [0.29, 0.717) is 17.0 Å². The Hall–Kier alpha value is -2.63. The summed E-state index contributed by atoms with van der Waals surface area (Å²) in [6.45, 7) is 20.8. The molecule has 174 valence electrons. The fraction of sp³-hybridized carbons (Fsp3) is 0.290. The SMILES string of the molecule is C=Cc1[nH]c2ccccc2c1C=C.CC(C)(C)C.CC(P)C(C)c1cccc2ccccc12. The van der Waals surface area contributed by atoms with Gasteiger partial charge in [0.05, 0.1) is 0 Å². The normalized spacial score (nSPS) is 12.7. The molecule has 1 nitrogen and oxygen atoms in total. The van der Waals surface area contributed by atoms with E-state index < -0.39 is 0 Å². The zero-order valence-electron chi connectivity index (χ0n) is 21.2. The number of benzene rings is 3. The highest BCUT2D eigenvalue weighted by molar-refractivity contribution is 7.17. The van der Waals surface area contributed by atoms with Crippen LogP contribution in [0.15, 0.2) is 79.9 Å². The maximum absolute atomic E-state index is 3.79. The molecule has 4 rings (SSSR count). The van der Waals surface area contributed by atoms with E-state index in [1.54, 1.807) is 0 Å². The average Bonchev–Trinajstić information content (AvgIpc) is 3.15. The van der Waals surface area contributed by atoms with E-state index >= 15 is 0 Å². The molecule has 3 atom stereocenters. The minimum atomic E-state index is 0.500. The molecule has 0 aliphatic rings. The van der Waals surface area contributed by atoms with Gasteiger partial charge in [0.2, 0.25) is 0 Å². The van der Waals surface area contributed by atoms with Crippen molar-refractivity contribution in [3.05, 3.63) is 96.7 Å². The molecule has 0 aliphatic carbocycles. The molecule has 0 amide bonds. The summed E-state index contributed by atoms with van der Waals surface area (Å²) in [5.74, 6) is 0.584. The second kappa shape index (κ2) is 12.0. The van der Waals surface area contributed by atoms with Crippen LogP contribution in [-0.2, 0) is 0 Å². The van der Waals surface area contributed by atoms with E-state index in [1.807, 2.05) is 24.3 Å². The van der Waals surface area contributed by atoms with Crippen molar-refractivity contribution in [2.75, 3.05) is 0 Å². The number of hydrogen-bond donors (Lipinski definition) is 1. The Labute approximate surface area is 203 Å². The number of fused-ring (bicyclic) bond motifs is 2. The standard InChI is InChI=1S/C14H17P.C12H11N.C5H12/c1-10(11(2)15)13-9-5-7-12-6-3-4-8-14(12)13;1-3-9-10-7-5-6-8-12(10)13-11(9)4-2;1-5(2,3)4/h3-11H,15H2,1-2H3;3-8,13H,1-2H2;1-4H3. The number of aromatic nitrogens is 1. The van der Waals surface area contributed by atoms with Crippen LogP contribution in [-0.4, -0.2) is 10.6 Å². The molecule has 0 saturated carbocycles. The molecule has 1 aromatic heterocycles. The van der Waals surface area contributed by atoms with Gasteiger partial charge in [0.15, 0.2) is 0 Å². The quantitative estimate of drug-likeness (QED) is 0.294. The third-order valence-corrected chi connectivity index (χ3v) is 5.86. The third kappa shape index (κ3) is 7.72. The fourth-order valence-electron chi connectivity index (χ4n) is 3.50. The summed E-state index contributed by atoms with van der Waals surface area (Å²) in [7, 11) is 2.90. The molecular weight excluding hydrogens is 417 g/mol. The van der Waals surface area contributed by atoms with Crippen molar-refractivity contribution in [1.82, 2.24) is 4.98 Å². The minimum absolute atomic E-state index is 0.500. The van der Waals surface area contributed by atoms with Gasteiger partial charge < -0.3 is 4.98 Å². The number of para-hydroxylation sites is 1. The molecule has 0 radical (unpaired) electrons. The number of H-pyrrole nitrogens is 1. The summed E-state index contributed by atoms with van der Waals surface area (Å²) in [5, 5.41) is 3.93. The van der Waals surface area contributed by atoms with Crippen LogP contribution in [0.4, 0.5) is 0 Å². The lowest BCUT2D eigenvalue weighted by Gasteiger charge is -2.17. The number of hydrogen-bond acceptors (Lipinski definition) is 0. The van der Waals surface area contributed by atoms with Gasteiger partial charge in [-0.3, -0.25) is 0 Å². The van der Waals surface area contributed by atoms with Crippen LogP contribution in [0.2, 0.25) is 0 Å². The van der Waals surface area contributed by atoms with E-state index in [9.17, 15) is 0 Å². The fourth-order valence-corrected chi connectivity index (χ4v) is 3.70. The monoisotopic (exact) mass is 457 g/mol. The second-order valence-electron chi connectivity index (χ2n) is 10.1. The van der Waals surface area contributed by atoms with Crippen LogP contribution in [0.25, 0.3) is 33.8 Å². The summed E-state index contributed by atoms with van der Waals surface area (Å²) >= 11 is 0. The first kappa shape index (κ1) is 26.6. The van der Waals surface area contributed by atoms with Crippen molar-refractivity contribution in [2.24, 2.45) is 5.41 Å². The largest absolute Gasteiger partial charge is 0.355 e. The van der Waals surface area contributed by atoms with Crippen molar-refractivity contribution in [3.8, 4) is 0 Å². The summed E-state index contributed by atoms with van der Waals surface area (Å²) in [6.07, 6.45) is 3.67. The average molecular weight is 458 g/mol. The molecule has 1 N–H and O–H groups in total. The van der Waals surface area contributed by atoms with Crippen LogP contribution in [0.5, 0.6) is 0 Å². The predicted octanol–water partition coefficient (Wildman–Crippen LogP) is 9.71. The van der Waals surface area contributed by atoms with E-state index in [4.69, 9.17) is 0 Å². The Morgan fingerprint density at radius 1 is 0.788 bits per heavy atom. The smallest absolute Gasteiger partial charge is 0.0464 e. The molecular formula is C31H40NP. The molecule has 2 heteroatoms. The lowest BCUT2D eigenvalue weighted by atomic mass is 9.93. The van der Waals surface area contributed by atoms with Gasteiger partial charge in [0.1, 0.15) is 0 Å². The van der Waals surface area contributed by atoms with Crippen molar-refractivity contribution < 1.29 is 0 Å². The lowest BCUT2D eigenvalue weighted by molar-refractivity contribution is 0.469. The van der Waals surface area contributed by atoms with Gasteiger partial charge in [0, 0.05) is 22.2 Å². The molecule has 0 fully saturated rings. The topological polar surface area (TPSA) is 15.8 Å². The summed E-state index contributed by atoms with van der Waals surface area (Å²) in [6, 6.07) is 23.4. The van der Waals surface area contributed by atoms with Gasteiger partial charge in [-0.2, -0.15) is 0 Å². The highest BCUT2D eigenvalue weighted by Crippen LogP contribution is 2.30. The zero-order valence-corrected chi connectivity index (χ0v) is 22.3. The minimum Gasteiger partial charge on any atom is -0.355 e. The van der Waals surface area contributed by atoms with Crippen molar-refractivity contribution in [2.45, 2.75) is 53.1 Å². The van der Waals surface area contributed by atoms with Gasteiger partial charge in [-0.25, -0.2) is 0 Å². The van der Waals surface area contributed by atoms with E-state index in [1.165, 1.54) is 21.7 Å². The van der Waals surface area contributed by atoms with Crippen molar-refractivity contribution in [1.29, 1.82) is 0 Å². The molecule has 0 aliphatic heterocycles. The number of aromatic amines is 1. The Bertz CT molecular complexity index is 1180. The predicted molar refractivity (Wildman–Crippen MR) is 155 cm³/mol. The van der Waals surface area contributed by atoms with Crippen molar-refractivity contribution >= 4 is 43.1 Å². The van der Waals surface area contributed by atoms with Crippen molar-refractivity contribution in [3.63, 3.8) is 0 Å². The van der Waals surface area contributed by atoms with Gasteiger partial charge in [-0.15, -0.1) is 9.24 Å². The molecule has 3 unspecified atom stereocenters. The molecule has 1 heterocycles. The highest BCUT2D eigenvalue weighted by atomic mass is 31.0. The first-order valence-corrected chi connectivity index (χ1v) is 12.3. The van der Waals surface area contributed by atoms with Crippen LogP contribution >= 0.6 is 9.24 Å². The van der Waals surface area contributed by atoms with Gasteiger partial charge >= 0.3 is 0 Å². The summed E-state index contributed by atoms with van der Waals surface area (Å²) < 4.78 is 0. The van der Waals surface area contributed by atoms with Crippen LogP contribution in [0.1, 0.15) is 64.3 Å². The summed E-state index contributed by atoms with van der Waals surface area (Å²) in [5.41, 5.74) is 5.86. The Morgan fingerprint density at radius 2 is 1.33 bits per heavy atom. The van der Waals surface area contributed by atoms with Gasteiger partial charge in [-0.05, 0) is 45.5 Å². The van der Waals surface area contributed by atoms with Gasteiger partial charge in [-0.1, -0.05) is 121 Å². The lowest BCUT2D eigenvalue weighted by Crippen LogP contribution is -2.04. The Balaban J connectivity index is 0.000000196. The summed E-state index contributed by atoms with van der Waals surface area (Å²) in [4.78, 5) is 3.28. The number of rotatable bonds is 4. The van der Waals surface area contributed by atoms with Crippen LogP contribution in [0, 0.1) is 5.41 Å². The molecule has 0 spiro atoms. The van der Waals surface area contributed by atoms with E-state index in [-0.39, 0.29) is 0 Å². The first-order valence-electron chi connectivity index (χ1n) is 11.7. The van der Waals surface area contributed by atoms with Crippen LogP contribution in [0.3, 0.4) is 0 Å². The maximum Gasteiger partial charge on any atom is 0.0464 e.